The quantitative estimate of drug-likeness (QED) is 0.812. The van der Waals surface area contributed by atoms with E-state index in [4.69, 9.17) is 5.11 Å². The van der Waals surface area contributed by atoms with Crippen molar-refractivity contribution in [2.75, 3.05) is 0 Å². The third kappa shape index (κ3) is 1.60. The number of carboxylic acids is 1. The summed E-state index contributed by atoms with van der Waals surface area (Å²) in [5, 5.41) is 15.1. The van der Waals surface area contributed by atoms with Crippen LogP contribution in [0.4, 0.5) is 0 Å². The van der Waals surface area contributed by atoms with E-state index < -0.39 is 5.97 Å². The van der Waals surface area contributed by atoms with Crippen LogP contribution < -0.4 is 0 Å². The van der Waals surface area contributed by atoms with Crippen LogP contribution in [-0.2, 0) is 0 Å². The highest BCUT2D eigenvalue weighted by Gasteiger charge is 2.17. The van der Waals surface area contributed by atoms with Gasteiger partial charge in [0, 0.05) is 0 Å². The molecule has 1 rings (SSSR count). The number of halogens is 1. The van der Waals surface area contributed by atoms with Crippen LogP contribution in [0.5, 0.6) is 0 Å². The minimum atomic E-state index is -0.984. The summed E-state index contributed by atoms with van der Waals surface area (Å²) in [6.45, 7) is 3.97. The zero-order valence-electron chi connectivity index (χ0n) is 6.76. The molecule has 0 spiro atoms. The van der Waals surface area contributed by atoms with Gasteiger partial charge in [0.2, 0.25) is 0 Å². The first kappa shape index (κ1) is 9.50. The zero-order chi connectivity index (χ0) is 9.30. The molecule has 0 amide bonds. The maximum Gasteiger partial charge on any atom is 0.357 e. The number of hydrogen-bond acceptors (Lipinski definition) is 2. The Labute approximate surface area is 83.5 Å². The molecular weight excluding hydrogens is 271 g/mol. The largest absolute Gasteiger partial charge is 0.476 e. The molecule has 0 bridgehead atoms. The second-order valence-corrected chi connectivity index (χ2v) is 3.84. The Kier molecular flexibility index (Phi) is 2.71. The first-order chi connectivity index (χ1) is 5.54. The SMILES string of the molecule is CC(C)c1[nH]nc(C(=O)O)c1I. The van der Waals surface area contributed by atoms with E-state index in [-0.39, 0.29) is 11.6 Å². The van der Waals surface area contributed by atoms with Gasteiger partial charge in [-0.2, -0.15) is 5.10 Å². The van der Waals surface area contributed by atoms with Crippen molar-refractivity contribution < 1.29 is 9.90 Å². The fourth-order valence-electron chi connectivity index (χ4n) is 0.866. The Morgan fingerprint density at radius 2 is 2.25 bits per heavy atom. The fourth-order valence-corrected chi connectivity index (χ4v) is 1.96. The van der Waals surface area contributed by atoms with E-state index in [1.165, 1.54) is 0 Å². The Hall–Kier alpha value is -0.590. The summed E-state index contributed by atoms with van der Waals surface area (Å²) >= 11 is 1.99. The van der Waals surface area contributed by atoms with E-state index in [9.17, 15) is 4.79 Å². The Morgan fingerprint density at radius 3 is 2.50 bits per heavy atom. The van der Waals surface area contributed by atoms with Crippen LogP contribution in [0.15, 0.2) is 0 Å². The van der Waals surface area contributed by atoms with Crippen LogP contribution in [0, 0.1) is 3.57 Å². The van der Waals surface area contributed by atoms with E-state index in [0.717, 1.165) is 5.69 Å². The van der Waals surface area contributed by atoms with Gasteiger partial charge in [-0.15, -0.1) is 0 Å². The minimum Gasteiger partial charge on any atom is -0.476 e. The van der Waals surface area contributed by atoms with Crippen molar-refractivity contribution in [3.05, 3.63) is 15.0 Å². The van der Waals surface area contributed by atoms with Crippen molar-refractivity contribution in [3.63, 3.8) is 0 Å². The molecule has 5 heteroatoms. The molecule has 0 aliphatic heterocycles. The lowest BCUT2D eigenvalue weighted by Gasteiger charge is -1.99. The lowest BCUT2D eigenvalue weighted by molar-refractivity contribution is 0.0689. The van der Waals surface area contributed by atoms with Gasteiger partial charge in [0.1, 0.15) is 0 Å². The molecule has 0 radical (unpaired) electrons. The third-order valence-electron chi connectivity index (χ3n) is 1.51. The lowest BCUT2D eigenvalue weighted by Crippen LogP contribution is -1.99. The number of rotatable bonds is 2. The average Bonchev–Trinajstić information content (AvgIpc) is 2.30. The molecule has 1 aromatic rings. The van der Waals surface area contributed by atoms with Crippen molar-refractivity contribution in [3.8, 4) is 0 Å². The van der Waals surface area contributed by atoms with Gasteiger partial charge in [-0.05, 0) is 28.5 Å². The summed E-state index contributed by atoms with van der Waals surface area (Å²) in [6.07, 6.45) is 0. The molecule has 0 aliphatic rings. The van der Waals surface area contributed by atoms with E-state index >= 15 is 0 Å². The second kappa shape index (κ2) is 3.42. The maximum absolute atomic E-state index is 10.6. The lowest BCUT2D eigenvalue weighted by atomic mass is 10.1. The third-order valence-corrected chi connectivity index (χ3v) is 2.60. The van der Waals surface area contributed by atoms with Gasteiger partial charge in [-0.1, -0.05) is 13.8 Å². The normalized spacial score (nSPS) is 10.7. The smallest absolute Gasteiger partial charge is 0.357 e. The molecule has 0 saturated heterocycles. The Morgan fingerprint density at radius 1 is 1.67 bits per heavy atom. The molecule has 4 nitrogen and oxygen atoms in total. The Bertz CT molecular complexity index is 306. The minimum absolute atomic E-state index is 0.110. The van der Waals surface area contributed by atoms with Gasteiger partial charge in [0.05, 0.1) is 9.26 Å². The summed E-state index contributed by atoms with van der Waals surface area (Å²) in [6, 6.07) is 0. The van der Waals surface area contributed by atoms with E-state index in [2.05, 4.69) is 10.2 Å². The van der Waals surface area contributed by atoms with E-state index in [1.54, 1.807) is 0 Å². The molecule has 12 heavy (non-hydrogen) atoms. The van der Waals surface area contributed by atoms with Gasteiger partial charge in [-0.25, -0.2) is 4.79 Å². The first-order valence-corrected chi connectivity index (χ1v) is 4.59. The first-order valence-electron chi connectivity index (χ1n) is 3.51. The summed E-state index contributed by atoms with van der Waals surface area (Å²) < 4.78 is 0.704. The summed E-state index contributed by atoms with van der Waals surface area (Å²) in [5.41, 5.74) is 0.993. The number of H-pyrrole nitrogens is 1. The monoisotopic (exact) mass is 280 g/mol. The number of carbonyl (C=O) groups is 1. The summed E-state index contributed by atoms with van der Waals surface area (Å²) in [5.74, 6) is -0.708. The molecule has 66 valence electrons. The van der Waals surface area contributed by atoms with Gasteiger partial charge < -0.3 is 5.11 Å². The number of carboxylic acid groups (broad SMARTS) is 1. The number of aromatic nitrogens is 2. The molecule has 1 heterocycles. The fraction of sp³-hybridized carbons (Fsp3) is 0.429. The molecule has 1 aromatic heterocycles. The van der Waals surface area contributed by atoms with Crippen LogP contribution in [0.1, 0.15) is 35.9 Å². The molecule has 0 aliphatic carbocycles. The van der Waals surface area contributed by atoms with Gasteiger partial charge in [0.15, 0.2) is 5.69 Å². The van der Waals surface area contributed by atoms with Crippen molar-refractivity contribution in [1.82, 2.24) is 10.2 Å². The van der Waals surface area contributed by atoms with Crippen molar-refractivity contribution in [1.29, 1.82) is 0 Å². The van der Waals surface area contributed by atoms with Gasteiger partial charge in [0.25, 0.3) is 0 Å². The number of nitrogens with zero attached hydrogens (tertiary/aromatic N) is 1. The van der Waals surface area contributed by atoms with Crippen molar-refractivity contribution >= 4 is 28.6 Å². The molecule has 0 unspecified atom stereocenters. The Balaban J connectivity index is 3.13. The molecule has 0 aromatic carbocycles. The van der Waals surface area contributed by atoms with E-state index in [1.807, 2.05) is 36.4 Å². The molecule has 2 N–H and O–H groups in total. The number of aromatic carboxylic acids is 1. The molecular formula is C7H9IN2O2. The van der Waals surface area contributed by atoms with Crippen LogP contribution >= 0.6 is 22.6 Å². The average molecular weight is 280 g/mol. The zero-order valence-corrected chi connectivity index (χ0v) is 8.92. The van der Waals surface area contributed by atoms with Crippen molar-refractivity contribution in [2.24, 2.45) is 0 Å². The van der Waals surface area contributed by atoms with Crippen LogP contribution in [-0.4, -0.2) is 21.3 Å². The van der Waals surface area contributed by atoms with E-state index in [0.29, 0.717) is 3.57 Å². The second-order valence-electron chi connectivity index (χ2n) is 2.76. The van der Waals surface area contributed by atoms with Crippen molar-refractivity contribution in [2.45, 2.75) is 19.8 Å². The molecule has 0 saturated carbocycles. The van der Waals surface area contributed by atoms with Crippen LogP contribution in [0.2, 0.25) is 0 Å². The number of hydrogen-bond donors (Lipinski definition) is 2. The van der Waals surface area contributed by atoms with Gasteiger partial charge in [-0.3, -0.25) is 5.10 Å². The highest BCUT2D eigenvalue weighted by atomic mass is 127. The summed E-state index contributed by atoms with van der Waals surface area (Å²) in [7, 11) is 0. The van der Waals surface area contributed by atoms with Gasteiger partial charge >= 0.3 is 5.97 Å². The van der Waals surface area contributed by atoms with Crippen LogP contribution in [0.3, 0.4) is 0 Å². The molecule has 0 atom stereocenters. The molecule has 0 fully saturated rings. The highest BCUT2D eigenvalue weighted by molar-refractivity contribution is 14.1. The number of nitrogens with one attached hydrogen (secondary N) is 1. The highest BCUT2D eigenvalue weighted by Crippen LogP contribution is 2.21. The van der Waals surface area contributed by atoms with Crippen LogP contribution in [0.25, 0.3) is 0 Å². The predicted molar refractivity (Wildman–Crippen MR) is 52.4 cm³/mol. The topological polar surface area (TPSA) is 66.0 Å². The number of aromatic amines is 1. The standard InChI is InChI=1S/C7H9IN2O2/c1-3(2)5-4(8)6(7(11)12)10-9-5/h3H,1-2H3,(H,9,10)(H,11,12). The predicted octanol–water partition coefficient (Wildman–Crippen LogP) is 1.84. The summed E-state index contributed by atoms with van der Waals surface area (Å²) in [4.78, 5) is 10.6. The maximum atomic E-state index is 10.6.